The zero-order chi connectivity index (χ0) is 13.1. The molecule has 1 rings (SSSR count). The van der Waals surface area contributed by atoms with Crippen LogP contribution in [0, 0.1) is 5.41 Å². The van der Waals surface area contributed by atoms with Gasteiger partial charge in [0.2, 0.25) is 5.91 Å². The molecule has 5 nitrogen and oxygen atoms in total. The zero-order valence-electron chi connectivity index (χ0n) is 10.2. The average Bonchev–Trinajstić information content (AvgIpc) is 2.31. The maximum absolute atomic E-state index is 12.2. The fraction of sp³-hybridized carbons (Fsp3) is 0.417. The van der Waals surface area contributed by atoms with Crippen molar-refractivity contribution in [2.45, 2.75) is 20.8 Å². The van der Waals surface area contributed by atoms with Crippen LogP contribution in [-0.2, 0) is 9.59 Å². The van der Waals surface area contributed by atoms with Gasteiger partial charge < -0.3 is 10.0 Å². The number of pyridine rings is 1. The Labute approximate surface area is 100 Å². The van der Waals surface area contributed by atoms with Crippen LogP contribution in [0.25, 0.3) is 0 Å². The van der Waals surface area contributed by atoms with Crippen LogP contribution < -0.4 is 4.90 Å². The summed E-state index contributed by atoms with van der Waals surface area (Å²) in [5.41, 5.74) is -0.777. The highest BCUT2D eigenvalue weighted by molar-refractivity contribution is 6.08. The number of hydrogen-bond donors (Lipinski definition) is 1. The largest absolute Gasteiger partial charge is 0.480 e. The Morgan fingerprint density at radius 3 is 2.29 bits per heavy atom. The molecule has 1 heterocycles. The third-order valence-electron chi connectivity index (χ3n) is 2.61. The van der Waals surface area contributed by atoms with Crippen molar-refractivity contribution in [2.24, 2.45) is 5.41 Å². The standard InChI is InChI=1S/C12H16N2O3/c1-4-14(9-5-7-13-8-6-9)10(15)12(2,3)11(16)17/h5-8H,4H2,1-3H3,(H,16,17). The predicted molar refractivity (Wildman–Crippen MR) is 63.7 cm³/mol. The fourth-order valence-corrected chi connectivity index (χ4v) is 1.40. The Hall–Kier alpha value is -1.91. The molecule has 5 heteroatoms. The molecule has 0 saturated carbocycles. The van der Waals surface area contributed by atoms with Gasteiger partial charge in [0.15, 0.2) is 0 Å². The monoisotopic (exact) mass is 236 g/mol. The minimum atomic E-state index is -1.43. The van der Waals surface area contributed by atoms with Gasteiger partial charge in [-0.05, 0) is 32.9 Å². The van der Waals surface area contributed by atoms with E-state index in [0.717, 1.165) is 0 Å². The van der Waals surface area contributed by atoms with E-state index in [1.165, 1.54) is 18.7 Å². The number of amides is 1. The molecular weight excluding hydrogens is 220 g/mol. The van der Waals surface area contributed by atoms with Gasteiger partial charge in [-0.25, -0.2) is 0 Å². The summed E-state index contributed by atoms with van der Waals surface area (Å²) in [4.78, 5) is 28.5. The average molecular weight is 236 g/mol. The molecule has 0 aliphatic rings. The van der Waals surface area contributed by atoms with Crippen molar-refractivity contribution in [1.29, 1.82) is 0 Å². The van der Waals surface area contributed by atoms with Gasteiger partial charge in [-0.3, -0.25) is 14.6 Å². The molecule has 1 N–H and O–H groups in total. The summed E-state index contributed by atoms with van der Waals surface area (Å²) in [6.45, 7) is 5.03. The Kier molecular flexibility index (Phi) is 3.83. The molecule has 0 bridgehead atoms. The van der Waals surface area contributed by atoms with E-state index in [0.29, 0.717) is 12.2 Å². The van der Waals surface area contributed by atoms with Crippen LogP contribution in [0.2, 0.25) is 0 Å². The van der Waals surface area contributed by atoms with Crippen molar-refractivity contribution >= 4 is 17.6 Å². The number of carbonyl (C=O) groups is 2. The van der Waals surface area contributed by atoms with Crippen LogP contribution in [0.4, 0.5) is 5.69 Å². The first-order valence-electron chi connectivity index (χ1n) is 5.36. The van der Waals surface area contributed by atoms with E-state index in [4.69, 9.17) is 5.11 Å². The van der Waals surface area contributed by atoms with Crippen molar-refractivity contribution in [3.63, 3.8) is 0 Å². The molecule has 0 radical (unpaired) electrons. The third kappa shape index (κ3) is 2.61. The maximum Gasteiger partial charge on any atom is 0.318 e. The van der Waals surface area contributed by atoms with Gasteiger partial charge in [-0.1, -0.05) is 0 Å². The summed E-state index contributed by atoms with van der Waals surface area (Å²) in [6.07, 6.45) is 3.14. The second-order valence-electron chi connectivity index (χ2n) is 4.18. The van der Waals surface area contributed by atoms with Crippen LogP contribution >= 0.6 is 0 Å². The highest BCUT2D eigenvalue weighted by Crippen LogP contribution is 2.23. The van der Waals surface area contributed by atoms with Crippen LogP contribution in [0.3, 0.4) is 0 Å². The van der Waals surface area contributed by atoms with E-state index < -0.39 is 17.3 Å². The topological polar surface area (TPSA) is 70.5 Å². The lowest BCUT2D eigenvalue weighted by molar-refractivity contribution is -0.152. The summed E-state index contributed by atoms with van der Waals surface area (Å²) in [6, 6.07) is 3.36. The number of aromatic nitrogens is 1. The van der Waals surface area contributed by atoms with Crippen LogP contribution in [0.15, 0.2) is 24.5 Å². The number of carboxylic acid groups (broad SMARTS) is 1. The number of carboxylic acids is 1. The van der Waals surface area contributed by atoms with Gasteiger partial charge in [0.25, 0.3) is 0 Å². The number of hydrogen-bond acceptors (Lipinski definition) is 3. The van der Waals surface area contributed by atoms with E-state index >= 15 is 0 Å². The Bertz CT molecular complexity index is 415. The van der Waals surface area contributed by atoms with Crippen molar-refractivity contribution in [3.8, 4) is 0 Å². The molecule has 0 atom stereocenters. The Balaban J connectivity index is 3.05. The van der Waals surface area contributed by atoms with E-state index in [-0.39, 0.29) is 0 Å². The van der Waals surface area contributed by atoms with E-state index in [2.05, 4.69) is 4.98 Å². The van der Waals surface area contributed by atoms with Crippen LogP contribution in [-0.4, -0.2) is 28.5 Å². The second kappa shape index (κ2) is 4.95. The van der Waals surface area contributed by atoms with Gasteiger partial charge in [0, 0.05) is 24.6 Å². The highest BCUT2D eigenvalue weighted by atomic mass is 16.4. The summed E-state index contributed by atoms with van der Waals surface area (Å²) >= 11 is 0. The lowest BCUT2D eigenvalue weighted by Gasteiger charge is -2.28. The molecule has 0 spiro atoms. The number of rotatable bonds is 4. The lowest BCUT2D eigenvalue weighted by Crippen LogP contribution is -2.45. The fourth-order valence-electron chi connectivity index (χ4n) is 1.40. The quantitative estimate of drug-likeness (QED) is 0.805. The molecule has 0 saturated heterocycles. The summed E-state index contributed by atoms with van der Waals surface area (Å²) in [7, 11) is 0. The summed E-state index contributed by atoms with van der Waals surface area (Å²) in [5.74, 6) is -1.56. The highest BCUT2D eigenvalue weighted by Gasteiger charge is 2.39. The van der Waals surface area contributed by atoms with E-state index in [1.54, 1.807) is 31.5 Å². The third-order valence-corrected chi connectivity index (χ3v) is 2.61. The van der Waals surface area contributed by atoms with E-state index in [1.807, 2.05) is 0 Å². The molecule has 0 aliphatic heterocycles. The van der Waals surface area contributed by atoms with Crippen molar-refractivity contribution < 1.29 is 14.7 Å². The van der Waals surface area contributed by atoms with E-state index in [9.17, 15) is 9.59 Å². The van der Waals surface area contributed by atoms with Gasteiger partial charge in [-0.15, -0.1) is 0 Å². The summed E-state index contributed by atoms with van der Waals surface area (Å²) < 4.78 is 0. The molecule has 17 heavy (non-hydrogen) atoms. The van der Waals surface area contributed by atoms with Gasteiger partial charge in [0.1, 0.15) is 5.41 Å². The smallest absolute Gasteiger partial charge is 0.318 e. The van der Waals surface area contributed by atoms with Crippen molar-refractivity contribution in [3.05, 3.63) is 24.5 Å². The SMILES string of the molecule is CCN(C(=O)C(C)(C)C(=O)O)c1ccncc1. The molecule has 0 fully saturated rings. The van der Waals surface area contributed by atoms with Crippen LogP contribution in [0.1, 0.15) is 20.8 Å². The van der Waals surface area contributed by atoms with Crippen LogP contribution in [0.5, 0.6) is 0 Å². The second-order valence-corrected chi connectivity index (χ2v) is 4.18. The first kappa shape index (κ1) is 13.2. The van der Waals surface area contributed by atoms with Gasteiger partial charge >= 0.3 is 5.97 Å². The zero-order valence-corrected chi connectivity index (χ0v) is 10.2. The number of nitrogens with zero attached hydrogens (tertiary/aromatic N) is 2. The predicted octanol–water partition coefficient (Wildman–Crippen LogP) is 1.55. The number of aliphatic carboxylic acids is 1. The number of carbonyl (C=O) groups excluding carboxylic acids is 1. The minimum Gasteiger partial charge on any atom is -0.480 e. The molecule has 1 aromatic heterocycles. The Morgan fingerprint density at radius 2 is 1.88 bits per heavy atom. The molecule has 1 aromatic rings. The molecule has 0 unspecified atom stereocenters. The first-order chi connectivity index (χ1) is 7.91. The minimum absolute atomic E-state index is 0.416. The van der Waals surface area contributed by atoms with Crippen molar-refractivity contribution in [1.82, 2.24) is 4.98 Å². The molecular formula is C12H16N2O3. The lowest BCUT2D eigenvalue weighted by atomic mass is 9.91. The maximum atomic E-state index is 12.2. The van der Waals surface area contributed by atoms with Gasteiger partial charge in [0.05, 0.1) is 0 Å². The normalized spacial score (nSPS) is 11.0. The first-order valence-corrected chi connectivity index (χ1v) is 5.36. The van der Waals surface area contributed by atoms with Gasteiger partial charge in [-0.2, -0.15) is 0 Å². The Morgan fingerprint density at radius 1 is 1.35 bits per heavy atom. The number of anilines is 1. The summed E-state index contributed by atoms with van der Waals surface area (Å²) in [5, 5.41) is 9.04. The van der Waals surface area contributed by atoms with Crippen molar-refractivity contribution in [2.75, 3.05) is 11.4 Å². The molecule has 92 valence electrons. The molecule has 0 aliphatic carbocycles. The molecule has 1 amide bonds. The molecule has 0 aromatic carbocycles.